The Balaban J connectivity index is 1.45. The predicted octanol–water partition coefficient (Wildman–Crippen LogP) is 2.08. The van der Waals surface area contributed by atoms with Crippen LogP contribution in [0.3, 0.4) is 0 Å². The molecule has 8 nitrogen and oxygen atoms in total. The van der Waals surface area contributed by atoms with Crippen molar-refractivity contribution in [2.45, 2.75) is 50.6 Å². The molecule has 0 saturated carbocycles. The zero-order valence-corrected chi connectivity index (χ0v) is 17.7. The van der Waals surface area contributed by atoms with Gasteiger partial charge in [-0.05, 0) is 45.2 Å². The van der Waals surface area contributed by atoms with Crippen LogP contribution in [0.15, 0.2) is 33.7 Å². The van der Waals surface area contributed by atoms with Crippen molar-refractivity contribution in [1.82, 2.24) is 14.4 Å². The number of para-hydroxylation sites is 1. The summed E-state index contributed by atoms with van der Waals surface area (Å²) in [6, 6.07) is 7.37. The van der Waals surface area contributed by atoms with E-state index in [1.54, 1.807) is 18.2 Å². The zero-order valence-electron chi connectivity index (χ0n) is 16.9. The van der Waals surface area contributed by atoms with Gasteiger partial charge in [0.1, 0.15) is 10.6 Å². The van der Waals surface area contributed by atoms with Crippen LogP contribution in [0.4, 0.5) is 5.69 Å². The smallest absolute Gasteiger partial charge is 0.249 e. The van der Waals surface area contributed by atoms with Crippen molar-refractivity contribution in [3.8, 4) is 0 Å². The number of nitrogens with zero attached hydrogens (tertiary/aromatic N) is 3. The number of carbonyl (C=O) groups excluding carboxylic acids is 1. The topological polar surface area (TPSA) is 95.8 Å². The number of anilines is 1. The Labute approximate surface area is 170 Å². The molecule has 1 amide bonds. The van der Waals surface area contributed by atoms with Gasteiger partial charge >= 0.3 is 0 Å². The zero-order chi connectivity index (χ0) is 20.8. The number of rotatable bonds is 5. The average molecular weight is 419 g/mol. The van der Waals surface area contributed by atoms with Gasteiger partial charge in [0.15, 0.2) is 5.76 Å². The molecule has 2 unspecified atom stereocenters. The lowest BCUT2D eigenvalue weighted by Crippen LogP contribution is -2.56. The van der Waals surface area contributed by atoms with Crippen molar-refractivity contribution in [2.75, 3.05) is 25.0 Å². The van der Waals surface area contributed by atoms with Crippen LogP contribution in [-0.4, -0.2) is 60.4 Å². The maximum atomic E-state index is 13.3. The number of amides is 1. The summed E-state index contributed by atoms with van der Waals surface area (Å²) in [5.41, 5.74) is 2.21. The van der Waals surface area contributed by atoms with Crippen molar-refractivity contribution in [3.63, 3.8) is 0 Å². The Hall–Kier alpha value is -2.23. The Morgan fingerprint density at radius 2 is 1.83 bits per heavy atom. The fourth-order valence-corrected chi connectivity index (χ4v) is 6.68. The SMILES string of the molecule is Cc1ccccc1NC(=O)CN1CC2CCC(C1)N2S(=O)(=O)c1c(C)noc1C. The van der Waals surface area contributed by atoms with Crippen molar-refractivity contribution in [2.24, 2.45) is 0 Å². The highest BCUT2D eigenvalue weighted by molar-refractivity contribution is 7.89. The molecule has 0 aliphatic carbocycles. The number of sulfonamides is 1. The highest BCUT2D eigenvalue weighted by atomic mass is 32.2. The van der Waals surface area contributed by atoms with E-state index < -0.39 is 10.0 Å². The summed E-state index contributed by atoms with van der Waals surface area (Å²) in [6.45, 7) is 6.56. The third-order valence-corrected chi connectivity index (χ3v) is 8.03. The van der Waals surface area contributed by atoms with Gasteiger partial charge in [-0.2, -0.15) is 4.31 Å². The van der Waals surface area contributed by atoms with Gasteiger partial charge < -0.3 is 9.84 Å². The summed E-state index contributed by atoms with van der Waals surface area (Å²) in [7, 11) is -3.67. The second-order valence-electron chi connectivity index (χ2n) is 7.93. The molecule has 9 heteroatoms. The van der Waals surface area contributed by atoms with E-state index in [4.69, 9.17) is 4.52 Å². The number of benzene rings is 1. The van der Waals surface area contributed by atoms with Crippen LogP contribution in [0.25, 0.3) is 0 Å². The lowest BCUT2D eigenvalue weighted by atomic mass is 10.2. The maximum Gasteiger partial charge on any atom is 0.249 e. The number of carbonyl (C=O) groups is 1. The first kappa shape index (κ1) is 20.1. The summed E-state index contributed by atoms with van der Waals surface area (Å²) in [6.07, 6.45) is 1.59. The molecular formula is C20H26N4O4S. The minimum Gasteiger partial charge on any atom is -0.360 e. The normalized spacial score (nSPS) is 22.7. The van der Waals surface area contributed by atoms with Crippen molar-refractivity contribution in [3.05, 3.63) is 41.3 Å². The van der Waals surface area contributed by atoms with E-state index in [0.29, 0.717) is 24.5 Å². The fourth-order valence-electron chi connectivity index (χ4n) is 4.53. The predicted molar refractivity (Wildman–Crippen MR) is 108 cm³/mol. The first-order chi connectivity index (χ1) is 13.8. The third-order valence-electron chi connectivity index (χ3n) is 5.78. The highest BCUT2D eigenvalue weighted by Crippen LogP contribution is 2.36. The number of likely N-dealkylation sites (tertiary alicyclic amines) is 1. The van der Waals surface area contributed by atoms with Gasteiger partial charge in [0.25, 0.3) is 0 Å². The van der Waals surface area contributed by atoms with Crippen molar-refractivity contribution < 1.29 is 17.7 Å². The molecule has 2 aliphatic heterocycles. The molecule has 2 bridgehead atoms. The molecule has 2 aromatic rings. The molecule has 0 radical (unpaired) electrons. The van der Waals surface area contributed by atoms with E-state index in [9.17, 15) is 13.2 Å². The average Bonchev–Trinajstić information content (AvgIpc) is 3.14. The Morgan fingerprint density at radius 3 is 2.41 bits per heavy atom. The molecule has 3 heterocycles. The summed E-state index contributed by atoms with van der Waals surface area (Å²) in [4.78, 5) is 14.7. The monoisotopic (exact) mass is 418 g/mol. The van der Waals surface area contributed by atoms with Crippen molar-refractivity contribution >= 4 is 21.6 Å². The van der Waals surface area contributed by atoms with Gasteiger partial charge in [0.05, 0.1) is 6.54 Å². The van der Waals surface area contributed by atoms with Gasteiger partial charge in [-0.3, -0.25) is 9.69 Å². The van der Waals surface area contributed by atoms with Crippen LogP contribution in [0, 0.1) is 20.8 Å². The third kappa shape index (κ3) is 3.70. The number of fused-ring (bicyclic) bond motifs is 2. The van der Waals surface area contributed by atoms with Crippen LogP contribution in [0.5, 0.6) is 0 Å². The summed E-state index contributed by atoms with van der Waals surface area (Å²) in [5.74, 6) is 0.239. The molecule has 4 rings (SSSR count). The van der Waals surface area contributed by atoms with E-state index in [0.717, 1.165) is 24.1 Å². The highest BCUT2D eigenvalue weighted by Gasteiger charge is 2.48. The molecule has 2 atom stereocenters. The molecule has 2 saturated heterocycles. The number of piperazine rings is 1. The quantitative estimate of drug-likeness (QED) is 0.799. The van der Waals surface area contributed by atoms with E-state index >= 15 is 0 Å². The number of aromatic nitrogens is 1. The van der Waals surface area contributed by atoms with Gasteiger partial charge in [0, 0.05) is 30.9 Å². The lowest BCUT2D eigenvalue weighted by molar-refractivity contribution is -0.117. The number of hydrogen-bond donors (Lipinski definition) is 1. The van der Waals surface area contributed by atoms with E-state index in [1.807, 2.05) is 31.2 Å². The number of aryl methyl sites for hydroxylation is 3. The summed E-state index contributed by atoms with van der Waals surface area (Å²) >= 11 is 0. The molecule has 29 heavy (non-hydrogen) atoms. The molecular weight excluding hydrogens is 392 g/mol. The van der Waals surface area contributed by atoms with Gasteiger partial charge in [-0.25, -0.2) is 8.42 Å². The maximum absolute atomic E-state index is 13.3. The van der Waals surface area contributed by atoms with Crippen LogP contribution in [-0.2, 0) is 14.8 Å². The van der Waals surface area contributed by atoms with Gasteiger partial charge in [-0.15, -0.1) is 0 Å². The van der Waals surface area contributed by atoms with Gasteiger partial charge in [-0.1, -0.05) is 23.4 Å². The first-order valence-electron chi connectivity index (χ1n) is 9.81. The summed E-state index contributed by atoms with van der Waals surface area (Å²) in [5, 5.41) is 6.76. The van der Waals surface area contributed by atoms with Crippen LogP contribution in [0.2, 0.25) is 0 Å². The molecule has 1 aromatic carbocycles. The van der Waals surface area contributed by atoms with E-state index in [1.165, 1.54) is 0 Å². The van der Waals surface area contributed by atoms with Gasteiger partial charge in [0.2, 0.25) is 15.9 Å². The second kappa shape index (κ2) is 7.55. The van der Waals surface area contributed by atoms with E-state index in [2.05, 4.69) is 15.4 Å². The van der Waals surface area contributed by atoms with Crippen LogP contribution in [0.1, 0.15) is 29.9 Å². The first-order valence-corrected chi connectivity index (χ1v) is 11.3. The Bertz CT molecular complexity index is 999. The molecule has 2 fully saturated rings. The largest absolute Gasteiger partial charge is 0.360 e. The molecule has 1 aromatic heterocycles. The minimum absolute atomic E-state index is 0.0827. The Morgan fingerprint density at radius 1 is 1.17 bits per heavy atom. The molecule has 0 spiro atoms. The Kier molecular flexibility index (Phi) is 5.22. The summed E-state index contributed by atoms with van der Waals surface area (Å²) < 4.78 is 33.3. The lowest BCUT2D eigenvalue weighted by Gasteiger charge is -2.39. The standard InChI is InChI=1S/C20H26N4O4S/c1-13-6-4-5-7-18(13)21-19(25)12-23-10-16-8-9-17(11-23)24(16)29(26,27)20-14(2)22-28-15(20)3/h4-7,16-17H,8-12H2,1-3H3,(H,21,25). The van der Waals surface area contributed by atoms with E-state index in [-0.39, 0.29) is 29.4 Å². The molecule has 156 valence electrons. The van der Waals surface area contributed by atoms with Crippen LogP contribution >= 0.6 is 0 Å². The van der Waals surface area contributed by atoms with Crippen LogP contribution < -0.4 is 5.32 Å². The fraction of sp³-hybridized carbons (Fsp3) is 0.500. The molecule has 1 N–H and O–H groups in total. The minimum atomic E-state index is -3.67. The number of hydrogen-bond acceptors (Lipinski definition) is 6. The number of nitrogens with one attached hydrogen (secondary N) is 1. The molecule has 2 aliphatic rings. The second-order valence-corrected chi connectivity index (χ2v) is 9.71. The van der Waals surface area contributed by atoms with Crippen molar-refractivity contribution in [1.29, 1.82) is 0 Å².